The Balaban J connectivity index is 1.95. The molecule has 1 amide bonds. The third-order valence-corrected chi connectivity index (χ3v) is 3.51. The fourth-order valence-electron chi connectivity index (χ4n) is 1.97. The van der Waals surface area contributed by atoms with Crippen molar-refractivity contribution in [3.63, 3.8) is 0 Å². The molecule has 0 saturated carbocycles. The van der Waals surface area contributed by atoms with E-state index in [0.717, 1.165) is 5.56 Å². The van der Waals surface area contributed by atoms with Crippen LogP contribution in [0.25, 0.3) is 0 Å². The van der Waals surface area contributed by atoms with Gasteiger partial charge >= 0.3 is 0 Å². The number of hydrogen-bond acceptors (Lipinski definition) is 5. The van der Waals surface area contributed by atoms with E-state index < -0.39 is 16.9 Å². The maximum absolute atomic E-state index is 12.0. The third-order valence-electron chi connectivity index (χ3n) is 3.28. The first-order valence-corrected chi connectivity index (χ1v) is 7.75. The molecule has 0 heterocycles. The van der Waals surface area contributed by atoms with Crippen LogP contribution in [0.2, 0.25) is 5.02 Å². The number of amides is 1. The van der Waals surface area contributed by atoms with E-state index in [9.17, 15) is 14.9 Å². The number of nitrogens with one attached hydrogen (secondary N) is 1. The van der Waals surface area contributed by atoms with Crippen molar-refractivity contribution >= 4 is 29.4 Å². The maximum atomic E-state index is 12.0. The lowest BCUT2D eigenvalue weighted by Crippen LogP contribution is -2.33. The zero-order chi connectivity index (χ0) is 18.4. The Bertz CT molecular complexity index is 823. The van der Waals surface area contributed by atoms with E-state index in [1.165, 1.54) is 24.4 Å². The molecule has 2 aromatic rings. The molecule has 0 saturated heterocycles. The number of halogens is 1. The number of carbonyl (C=O) groups is 1. The molecule has 8 heteroatoms. The Morgan fingerprint density at radius 2 is 2.12 bits per heavy atom. The second-order valence-electron chi connectivity index (χ2n) is 5.26. The highest BCUT2D eigenvalue weighted by atomic mass is 35.5. The van der Waals surface area contributed by atoms with E-state index in [0.29, 0.717) is 16.3 Å². The summed E-state index contributed by atoms with van der Waals surface area (Å²) >= 11 is 5.88. The number of carbonyl (C=O) groups excluding carboxylic acids is 1. The minimum Gasteiger partial charge on any atom is -0.481 e. The van der Waals surface area contributed by atoms with Gasteiger partial charge in [-0.25, -0.2) is 5.43 Å². The van der Waals surface area contributed by atoms with Crippen LogP contribution >= 0.6 is 11.6 Å². The van der Waals surface area contributed by atoms with Gasteiger partial charge in [0.25, 0.3) is 11.6 Å². The molecule has 0 aliphatic heterocycles. The Morgan fingerprint density at radius 1 is 1.36 bits per heavy atom. The highest BCUT2D eigenvalue weighted by Crippen LogP contribution is 2.22. The number of ether oxygens (including phenoxy) is 1. The second kappa shape index (κ2) is 8.25. The van der Waals surface area contributed by atoms with Crippen LogP contribution in [0, 0.1) is 17.0 Å². The predicted octanol–water partition coefficient (Wildman–Crippen LogP) is 3.47. The number of hydrazone groups is 1. The first-order valence-electron chi connectivity index (χ1n) is 7.37. The van der Waals surface area contributed by atoms with Crippen LogP contribution < -0.4 is 10.2 Å². The van der Waals surface area contributed by atoms with Gasteiger partial charge in [-0.2, -0.15) is 5.10 Å². The van der Waals surface area contributed by atoms with Crippen LogP contribution in [0.5, 0.6) is 5.75 Å². The lowest BCUT2D eigenvalue weighted by molar-refractivity contribution is -0.384. The number of nitro groups is 1. The van der Waals surface area contributed by atoms with E-state index in [1.807, 2.05) is 6.92 Å². The van der Waals surface area contributed by atoms with Gasteiger partial charge in [0, 0.05) is 22.7 Å². The van der Waals surface area contributed by atoms with Crippen molar-refractivity contribution in [3.8, 4) is 5.75 Å². The van der Waals surface area contributed by atoms with E-state index >= 15 is 0 Å². The Hall–Kier alpha value is -2.93. The minimum atomic E-state index is -0.776. The van der Waals surface area contributed by atoms with Gasteiger partial charge in [-0.1, -0.05) is 23.7 Å². The van der Waals surface area contributed by atoms with Crippen molar-refractivity contribution in [2.45, 2.75) is 20.0 Å². The van der Waals surface area contributed by atoms with Crippen molar-refractivity contribution in [2.75, 3.05) is 0 Å². The summed E-state index contributed by atoms with van der Waals surface area (Å²) in [6.45, 7) is 3.42. The summed E-state index contributed by atoms with van der Waals surface area (Å²) in [5.41, 5.74) is 3.60. The summed E-state index contributed by atoms with van der Waals surface area (Å²) in [4.78, 5) is 22.2. The maximum Gasteiger partial charge on any atom is 0.280 e. The predicted molar refractivity (Wildman–Crippen MR) is 95.1 cm³/mol. The molecule has 0 spiro atoms. The number of nitro benzene ring substituents is 1. The summed E-state index contributed by atoms with van der Waals surface area (Å²) in [5, 5.41) is 15.1. The molecule has 7 nitrogen and oxygen atoms in total. The lowest BCUT2D eigenvalue weighted by Gasteiger charge is -2.14. The van der Waals surface area contributed by atoms with Gasteiger partial charge in [0.15, 0.2) is 6.10 Å². The SMILES string of the molecule is Cc1cc(Cl)ccc1O[C@H](C)C(=O)NN=Cc1cccc([N+](=O)[O-])c1. The standard InChI is InChI=1S/C17H16ClN3O4/c1-11-8-14(18)6-7-16(11)25-12(2)17(22)20-19-10-13-4-3-5-15(9-13)21(23)24/h3-10,12H,1-2H3,(H,20,22)/t12-/m1/s1. The van der Waals surface area contributed by atoms with Gasteiger partial charge in [0.05, 0.1) is 11.1 Å². The molecule has 0 fully saturated rings. The topological polar surface area (TPSA) is 93.8 Å². The second-order valence-corrected chi connectivity index (χ2v) is 5.69. The molecule has 0 aliphatic rings. The van der Waals surface area contributed by atoms with Crippen LogP contribution in [0.1, 0.15) is 18.1 Å². The Labute approximate surface area is 149 Å². The molecule has 1 atom stereocenters. The van der Waals surface area contributed by atoms with Crippen LogP contribution in [-0.2, 0) is 4.79 Å². The molecule has 0 aliphatic carbocycles. The fraction of sp³-hybridized carbons (Fsp3) is 0.176. The summed E-state index contributed by atoms with van der Waals surface area (Å²) in [6.07, 6.45) is 0.549. The molecular formula is C17H16ClN3O4. The van der Waals surface area contributed by atoms with Gasteiger partial charge < -0.3 is 4.74 Å². The van der Waals surface area contributed by atoms with Crippen molar-refractivity contribution in [3.05, 3.63) is 68.7 Å². The van der Waals surface area contributed by atoms with Crippen LogP contribution in [0.15, 0.2) is 47.6 Å². The number of benzene rings is 2. The van der Waals surface area contributed by atoms with E-state index in [-0.39, 0.29) is 5.69 Å². The lowest BCUT2D eigenvalue weighted by atomic mass is 10.2. The zero-order valence-corrected chi connectivity index (χ0v) is 14.4. The molecule has 0 bridgehead atoms. The molecule has 2 rings (SSSR count). The van der Waals surface area contributed by atoms with Gasteiger partial charge in [-0.05, 0) is 37.6 Å². The average molecular weight is 362 g/mol. The average Bonchev–Trinajstić information content (AvgIpc) is 2.57. The quantitative estimate of drug-likeness (QED) is 0.484. The van der Waals surface area contributed by atoms with Crippen molar-refractivity contribution < 1.29 is 14.5 Å². The number of hydrogen-bond donors (Lipinski definition) is 1. The van der Waals surface area contributed by atoms with Crippen LogP contribution in [0.3, 0.4) is 0 Å². The van der Waals surface area contributed by atoms with Crippen LogP contribution in [0.4, 0.5) is 5.69 Å². The van der Waals surface area contributed by atoms with Crippen molar-refractivity contribution in [1.82, 2.24) is 5.43 Å². The molecule has 1 N–H and O–H groups in total. The van der Waals surface area contributed by atoms with Crippen molar-refractivity contribution in [2.24, 2.45) is 5.10 Å². The monoisotopic (exact) mass is 361 g/mol. The molecule has 0 radical (unpaired) electrons. The van der Waals surface area contributed by atoms with E-state index in [2.05, 4.69) is 10.5 Å². The van der Waals surface area contributed by atoms with Gasteiger partial charge in [0.2, 0.25) is 0 Å². The highest BCUT2D eigenvalue weighted by Gasteiger charge is 2.15. The molecule has 0 unspecified atom stereocenters. The summed E-state index contributed by atoms with van der Waals surface area (Å²) in [6, 6.07) is 11.0. The smallest absolute Gasteiger partial charge is 0.280 e. The Kier molecular flexibility index (Phi) is 6.08. The first-order chi connectivity index (χ1) is 11.9. The summed E-state index contributed by atoms with van der Waals surface area (Å²) in [7, 11) is 0. The molecule has 25 heavy (non-hydrogen) atoms. The van der Waals surface area contributed by atoms with Gasteiger partial charge in [-0.15, -0.1) is 0 Å². The fourth-order valence-corrected chi connectivity index (χ4v) is 2.20. The zero-order valence-electron chi connectivity index (χ0n) is 13.6. The highest BCUT2D eigenvalue weighted by molar-refractivity contribution is 6.30. The minimum absolute atomic E-state index is 0.0507. The molecular weight excluding hydrogens is 346 g/mol. The number of aryl methyl sites for hydroxylation is 1. The largest absolute Gasteiger partial charge is 0.481 e. The van der Waals surface area contributed by atoms with Crippen molar-refractivity contribution in [1.29, 1.82) is 0 Å². The summed E-state index contributed by atoms with van der Waals surface area (Å²) in [5.74, 6) is 0.103. The third kappa shape index (κ3) is 5.29. The van der Waals surface area contributed by atoms with Gasteiger partial charge in [-0.3, -0.25) is 14.9 Å². The number of non-ortho nitro benzene ring substituents is 1. The molecule has 0 aromatic heterocycles. The number of nitrogens with zero attached hydrogens (tertiary/aromatic N) is 2. The number of rotatable bonds is 6. The van der Waals surface area contributed by atoms with E-state index in [4.69, 9.17) is 16.3 Å². The first kappa shape index (κ1) is 18.4. The van der Waals surface area contributed by atoms with Crippen LogP contribution in [-0.4, -0.2) is 23.1 Å². The molecule has 2 aromatic carbocycles. The normalized spacial score (nSPS) is 12.0. The van der Waals surface area contributed by atoms with Gasteiger partial charge in [0.1, 0.15) is 5.75 Å². The van der Waals surface area contributed by atoms with E-state index in [1.54, 1.807) is 31.2 Å². The Morgan fingerprint density at radius 3 is 2.80 bits per heavy atom. The molecule has 130 valence electrons. The summed E-state index contributed by atoms with van der Waals surface area (Å²) < 4.78 is 5.58.